The van der Waals surface area contributed by atoms with Crippen LogP contribution >= 0.6 is 27.5 Å². The third kappa shape index (κ3) is 1.97. The summed E-state index contributed by atoms with van der Waals surface area (Å²) in [5.41, 5.74) is 2.25. The average molecular weight is 328 g/mol. The molecular formula is C14H16BrClN2. The highest BCUT2D eigenvalue weighted by Crippen LogP contribution is 2.48. The Hall–Kier alpha value is -0.540. The summed E-state index contributed by atoms with van der Waals surface area (Å²) in [6, 6.07) is 6.83. The predicted molar refractivity (Wildman–Crippen MR) is 79.1 cm³/mol. The van der Waals surface area contributed by atoms with Gasteiger partial charge in [-0.15, -0.1) is 11.6 Å². The Morgan fingerprint density at radius 3 is 2.94 bits per heavy atom. The Kier molecular flexibility index (Phi) is 3.15. The van der Waals surface area contributed by atoms with Gasteiger partial charge in [-0.3, -0.25) is 0 Å². The van der Waals surface area contributed by atoms with E-state index < -0.39 is 0 Å². The van der Waals surface area contributed by atoms with E-state index in [0.717, 1.165) is 21.7 Å². The molecule has 0 N–H and O–H groups in total. The van der Waals surface area contributed by atoms with E-state index in [-0.39, 0.29) is 5.38 Å². The number of nitrogens with zero attached hydrogens (tertiary/aromatic N) is 2. The van der Waals surface area contributed by atoms with E-state index in [1.54, 1.807) is 0 Å². The smallest absolute Gasteiger partial charge is 0.127 e. The van der Waals surface area contributed by atoms with Crippen LogP contribution in [0.4, 0.5) is 0 Å². The van der Waals surface area contributed by atoms with Crippen molar-refractivity contribution in [2.75, 3.05) is 0 Å². The van der Waals surface area contributed by atoms with Crippen molar-refractivity contribution in [2.45, 2.75) is 38.1 Å². The van der Waals surface area contributed by atoms with Gasteiger partial charge in [0.2, 0.25) is 0 Å². The van der Waals surface area contributed by atoms with Crippen LogP contribution in [0.15, 0.2) is 22.7 Å². The van der Waals surface area contributed by atoms with Gasteiger partial charge in [-0.25, -0.2) is 4.98 Å². The monoisotopic (exact) mass is 326 g/mol. The highest BCUT2D eigenvalue weighted by molar-refractivity contribution is 9.10. The van der Waals surface area contributed by atoms with Crippen LogP contribution in [0, 0.1) is 5.92 Å². The zero-order chi connectivity index (χ0) is 12.9. The largest absolute Gasteiger partial charge is 0.323 e. The van der Waals surface area contributed by atoms with Crippen molar-refractivity contribution in [1.82, 2.24) is 9.55 Å². The highest BCUT2D eigenvalue weighted by atomic mass is 79.9. The molecule has 1 aromatic heterocycles. The van der Waals surface area contributed by atoms with Crippen LogP contribution < -0.4 is 0 Å². The number of hydrogen-bond donors (Lipinski definition) is 0. The fourth-order valence-corrected chi connectivity index (χ4v) is 3.20. The summed E-state index contributed by atoms with van der Waals surface area (Å²) < 4.78 is 3.45. The lowest BCUT2D eigenvalue weighted by Gasteiger charge is -2.10. The fourth-order valence-electron chi connectivity index (χ4n) is 2.70. The molecule has 2 aromatic rings. The molecule has 0 bridgehead atoms. The minimum atomic E-state index is -0.0470. The fraction of sp³-hybridized carbons (Fsp3) is 0.500. The first-order valence-corrected chi connectivity index (χ1v) is 7.66. The van der Waals surface area contributed by atoms with Gasteiger partial charge >= 0.3 is 0 Å². The first kappa shape index (κ1) is 12.5. The second-order valence-electron chi connectivity index (χ2n) is 5.06. The van der Waals surface area contributed by atoms with E-state index in [0.29, 0.717) is 6.04 Å². The summed E-state index contributed by atoms with van der Waals surface area (Å²) in [4.78, 5) is 4.69. The molecule has 2 nitrogen and oxygen atoms in total. The molecule has 0 aliphatic heterocycles. The molecule has 0 spiro atoms. The van der Waals surface area contributed by atoms with Crippen LogP contribution in [0.3, 0.4) is 0 Å². The van der Waals surface area contributed by atoms with E-state index in [9.17, 15) is 0 Å². The van der Waals surface area contributed by atoms with Crippen LogP contribution in [0.1, 0.15) is 43.9 Å². The third-order valence-corrected chi connectivity index (χ3v) is 4.46. The molecule has 3 unspecified atom stereocenters. The van der Waals surface area contributed by atoms with E-state index in [4.69, 9.17) is 16.6 Å². The van der Waals surface area contributed by atoms with Crippen LogP contribution in [0.5, 0.6) is 0 Å². The van der Waals surface area contributed by atoms with Gasteiger partial charge in [0.1, 0.15) is 5.82 Å². The zero-order valence-corrected chi connectivity index (χ0v) is 12.9. The molecule has 4 heteroatoms. The van der Waals surface area contributed by atoms with Crippen molar-refractivity contribution in [3.8, 4) is 0 Å². The molecule has 1 aromatic carbocycles. The number of rotatable bonds is 3. The molecule has 0 amide bonds. The van der Waals surface area contributed by atoms with Crippen molar-refractivity contribution in [2.24, 2.45) is 5.92 Å². The van der Waals surface area contributed by atoms with Gasteiger partial charge in [-0.05, 0) is 37.5 Å². The molecule has 18 heavy (non-hydrogen) atoms. The molecule has 1 aliphatic carbocycles. The van der Waals surface area contributed by atoms with Crippen LogP contribution in [-0.2, 0) is 0 Å². The maximum Gasteiger partial charge on any atom is 0.127 e. The molecule has 1 fully saturated rings. The minimum absolute atomic E-state index is 0.0470. The number of halogens is 2. The summed E-state index contributed by atoms with van der Waals surface area (Å²) in [6.07, 6.45) is 2.49. The van der Waals surface area contributed by atoms with Gasteiger partial charge in [-0.1, -0.05) is 29.3 Å². The lowest BCUT2D eigenvalue weighted by atomic mass is 10.3. The van der Waals surface area contributed by atoms with Gasteiger partial charge in [0.05, 0.1) is 16.4 Å². The number of aromatic nitrogens is 2. The molecule has 0 saturated heterocycles. The Morgan fingerprint density at radius 2 is 2.33 bits per heavy atom. The Balaban J connectivity index is 2.18. The van der Waals surface area contributed by atoms with Crippen LogP contribution in [0.25, 0.3) is 11.0 Å². The first-order chi connectivity index (χ1) is 8.61. The number of imidazole rings is 1. The van der Waals surface area contributed by atoms with E-state index in [2.05, 4.69) is 39.6 Å². The molecule has 3 rings (SSSR count). The van der Waals surface area contributed by atoms with E-state index >= 15 is 0 Å². The second-order valence-corrected chi connectivity index (χ2v) is 6.63. The standard InChI is InChI=1S/C14H16BrClN2/c1-3-9-6-12(9)18-13-7-10(15)4-5-11(13)17-14(18)8(2)16/h4-5,7-9,12H,3,6H2,1-2H3. The number of benzene rings is 1. The van der Waals surface area contributed by atoms with E-state index in [1.165, 1.54) is 18.4 Å². The van der Waals surface area contributed by atoms with Gasteiger partial charge in [0.25, 0.3) is 0 Å². The highest BCUT2D eigenvalue weighted by Gasteiger charge is 2.39. The van der Waals surface area contributed by atoms with Crippen LogP contribution in [-0.4, -0.2) is 9.55 Å². The molecule has 1 saturated carbocycles. The van der Waals surface area contributed by atoms with E-state index in [1.807, 2.05) is 13.0 Å². The van der Waals surface area contributed by atoms with Crippen molar-refractivity contribution in [1.29, 1.82) is 0 Å². The molecule has 3 atom stereocenters. The summed E-state index contributed by atoms with van der Waals surface area (Å²) in [5.74, 6) is 1.79. The van der Waals surface area contributed by atoms with Gasteiger partial charge in [-0.2, -0.15) is 0 Å². The summed E-state index contributed by atoms with van der Waals surface area (Å²) >= 11 is 9.83. The van der Waals surface area contributed by atoms with Gasteiger partial charge in [0, 0.05) is 10.5 Å². The molecule has 96 valence electrons. The van der Waals surface area contributed by atoms with Crippen LogP contribution in [0.2, 0.25) is 0 Å². The molecule has 1 heterocycles. The summed E-state index contributed by atoms with van der Waals surface area (Å²) in [6.45, 7) is 4.25. The maximum atomic E-state index is 6.29. The zero-order valence-electron chi connectivity index (χ0n) is 10.5. The quantitative estimate of drug-likeness (QED) is 0.720. The lowest BCUT2D eigenvalue weighted by molar-refractivity contribution is 0.624. The second kappa shape index (κ2) is 4.53. The molecule has 0 radical (unpaired) electrons. The Morgan fingerprint density at radius 1 is 1.56 bits per heavy atom. The van der Waals surface area contributed by atoms with Gasteiger partial charge < -0.3 is 4.57 Å². The average Bonchev–Trinajstić information content (AvgIpc) is 3.01. The van der Waals surface area contributed by atoms with Gasteiger partial charge in [0.15, 0.2) is 0 Å². The molecular weight excluding hydrogens is 312 g/mol. The number of fused-ring (bicyclic) bond motifs is 1. The summed E-state index contributed by atoms with van der Waals surface area (Å²) in [5, 5.41) is -0.0470. The van der Waals surface area contributed by atoms with Crippen molar-refractivity contribution in [3.63, 3.8) is 0 Å². The maximum absolute atomic E-state index is 6.29. The Bertz CT molecular complexity index is 591. The molecule has 1 aliphatic rings. The lowest BCUT2D eigenvalue weighted by Crippen LogP contribution is -2.03. The number of hydrogen-bond acceptors (Lipinski definition) is 1. The SMILES string of the molecule is CCC1CC1n1c(C(C)Cl)nc2ccc(Br)cc21. The summed E-state index contributed by atoms with van der Waals surface area (Å²) in [7, 11) is 0. The van der Waals surface area contributed by atoms with Crippen molar-refractivity contribution in [3.05, 3.63) is 28.5 Å². The number of alkyl halides is 1. The van der Waals surface area contributed by atoms with Crippen molar-refractivity contribution >= 4 is 38.6 Å². The predicted octanol–water partition coefficient (Wildman–Crippen LogP) is 5.07. The Labute approximate surface area is 120 Å². The topological polar surface area (TPSA) is 17.8 Å². The van der Waals surface area contributed by atoms with Crippen molar-refractivity contribution < 1.29 is 0 Å². The third-order valence-electron chi connectivity index (χ3n) is 3.78. The normalized spacial score (nSPS) is 24.4. The minimum Gasteiger partial charge on any atom is -0.323 e. The first-order valence-electron chi connectivity index (χ1n) is 6.43.